The molecule has 8 nitrogen and oxygen atoms in total. The third-order valence-electron chi connectivity index (χ3n) is 5.14. The van der Waals surface area contributed by atoms with Crippen molar-refractivity contribution >= 4 is 33.8 Å². The highest BCUT2D eigenvalue weighted by Crippen LogP contribution is 2.32. The van der Waals surface area contributed by atoms with Gasteiger partial charge in [0.15, 0.2) is 4.77 Å². The summed E-state index contributed by atoms with van der Waals surface area (Å²) in [4.78, 5) is 12.6. The highest BCUT2D eigenvalue weighted by atomic mass is 32.2. The highest BCUT2D eigenvalue weighted by Gasteiger charge is 2.30. The maximum absolute atomic E-state index is 13.2. The normalized spacial score (nSPS) is 13.3. The number of sulfonamides is 1. The molecule has 156 valence electrons. The van der Waals surface area contributed by atoms with Crippen molar-refractivity contribution in [3.05, 3.63) is 70.3 Å². The van der Waals surface area contributed by atoms with E-state index in [2.05, 4.69) is 15.5 Å². The van der Waals surface area contributed by atoms with Crippen LogP contribution in [0.3, 0.4) is 0 Å². The molecule has 1 amide bonds. The molecule has 30 heavy (non-hydrogen) atoms. The first-order chi connectivity index (χ1) is 14.4. The van der Waals surface area contributed by atoms with Gasteiger partial charge in [0.2, 0.25) is 0 Å². The molecule has 2 aromatic carbocycles. The fraction of sp³-hybridized carbons (Fsp3) is 0.250. The molecule has 4 rings (SSSR count). The summed E-state index contributed by atoms with van der Waals surface area (Å²) < 4.78 is 30.0. The van der Waals surface area contributed by atoms with Gasteiger partial charge in [0, 0.05) is 32.1 Å². The van der Waals surface area contributed by atoms with E-state index >= 15 is 0 Å². The van der Waals surface area contributed by atoms with Crippen molar-refractivity contribution in [3.8, 4) is 0 Å². The number of hydrogen-bond donors (Lipinski definition) is 2. The number of H-pyrrole nitrogens is 1. The summed E-state index contributed by atoms with van der Waals surface area (Å²) in [6.45, 7) is 0.742. The van der Waals surface area contributed by atoms with Crippen molar-refractivity contribution in [2.75, 3.05) is 17.4 Å². The van der Waals surface area contributed by atoms with Crippen LogP contribution in [0.1, 0.15) is 21.7 Å². The lowest BCUT2D eigenvalue weighted by atomic mass is 10.2. The van der Waals surface area contributed by atoms with Gasteiger partial charge in [-0.2, -0.15) is 5.10 Å². The Morgan fingerprint density at radius 3 is 2.80 bits per heavy atom. The van der Waals surface area contributed by atoms with Crippen LogP contribution in [0.5, 0.6) is 0 Å². The number of anilines is 1. The monoisotopic (exact) mass is 443 g/mol. The minimum absolute atomic E-state index is 0.0984. The number of hydrogen-bond acceptors (Lipinski definition) is 5. The Labute approximate surface area is 179 Å². The number of carbonyl (C=O) groups is 1. The number of benzene rings is 2. The first kappa shape index (κ1) is 20.3. The zero-order valence-electron chi connectivity index (χ0n) is 16.3. The summed E-state index contributed by atoms with van der Waals surface area (Å²) in [7, 11) is -1.95. The third-order valence-corrected chi connectivity index (χ3v) is 7.31. The largest absolute Gasteiger partial charge is 0.352 e. The Hall–Kier alpha value is -2.98. The highest BCUT2D eigenvalue weighted by molar-refractivity contribution is 7.92. The topological polar surface area (TPSA) is 100 Å². The first-order valence-electron chi connectivity index (χ1n) is 9.47. The quantitative estimate of drug-likeness (QED) is 0.569. The van der Waals surface area contributed by atoms with E-state index in [1.165, 1.54) is 16.4 Å². The van der Waals surface area contributed by atoms with Crippen molar-refractivity contribution in [1.29, 1.82) is 0 Å². The van der Waals surface area contributed by atoms with Gasteiger partial charge < -0.3 is 9.88 Å². The molecule has 3 aromatic rings. The predicted molar refractivity (Wildman–Crippen MR) is 116 cm³/mol. The van der Waals surface area contributed by atoms with Crippen LogP contribution in [0, 0.1) is 4.77 Å². The van der Waals surface area contributed by atoms with E-state index < -0.39 is 10.0 Å². The molecule has 1 aliphatic heterocycles. The van der Waals surface area contributed by atoms with Crippen LogP contribution < -0.4 is 9.62 Å². The lowest BCUT2D eigenvalue weighted by molar-refractivity contribution is 0.0953. The molecule has 0 spiro atoms. The summed E-state index contributed by atoms with van der Waals surface area (Å²) in [6.07, 6.45) is 1.17. The van der Waals surface area contributed by atoms with Crippen molar-refractivity contribution in [1.82, 2.24) is 20.1 Å². The van der Waals surface area contributed by atoms with Crippen LogP contribution in [-0.4, -0.2) is 42.2 Å². The third kappa shape index (κ3) is 3.75. The van der Waals surface area contributed by atoms with Crippen molar-refractivity contribution in [2.24, 2.45) is 7.05 Å². The zero-order chi connectivity index (χ0) is 21.3. The maximum atomic E-state index is 13.2. The smallest absolute Gasteiger partial charge is 0.264 e. The Balaban J connectivity index is 1.49. The average Bonchev–Trinajstić information content (AvgIpc) is 3.33. The Morgan fingerprint density at radius 1 is 1.23 bits per heavy atom. The van der Waals surface area contributed by atoms with E-state index in [1.54, 1.807) is 29.8 Å². The van der Waals surface area contributed by atoms with Gasteiger partial charge in [-0.15, -0.1) is 0 Å². The van der Waals surface area contributed by atoms with Crippen LogP contribution >= 0.6 is 12.2 Å². The van der Waals surface area contributed by atoms with Crippen LogP contribution in [0.4, 0.5) is 5.69 Å². The maximum Gasteiger partial charge on any atom is 0.264 e. The molecule has 0 radical (unpaired) electrons. The predicted octanol–water partition coefficient (Wildman–Crippen LogP) is 2.20. The summed E-state index contributed by atoms with van der Waals surface area (Å²) >= 11 is 5.07. The molecular formula is C20H21N5O3S2. The average molecular weight is 444 g/mol. The molecule has 2 heterocycles. The molecular weight excluding hydrogens is 422 g/mol. The van der Waals surface area contributed by atoms with Crippen LogP contribution in [0.2, 0.25) is 0 Å². The number of nitrogens with one attached hydrogen (secondary N) is 2. The summed E-state index contributed by atoms with van der Waals surface area (Å²) in [5, 5.41) is 9.60. The SMILES string of the molecule is Cn1c(CCNC(=O)c2cccc(S(=O)(=O)N3CCc4ccccc43)c2)n[nH]c1=S. The van der Waals surface area contributed by atoms with Gasteiger partial charge in [-0.1, -0.05) is 24.3 Å². The van der Waals surface area contributed by atoms with Gasteiger partial charge in [-0.05, 0) is 48.5 Å². The van der Waals surface area contributed by atoms with E-state index in [-0.39, 0.29) is 10.8 Å². The van der Waals surface area contributed by atoms with Gasteiger partial charge in [-0.3, -0.25) is 14.2 Å². The molecule has 10 heteroatoms. The number of rotatable bonds is 6. The molecule has 0 unspecified atom stereocenters. The second-order valence-electron chi connectivity index (χ2n) is 6.99. The van der Waals surface area contributed by atoms with Crippen LogP contribution in [-0.2, 0) is 29.9 Å². The summed E-state index contributed by atoms with van der Waals surface area (Å²) in [6, 6.07) is 13.6. The summed E-state index contributed by atoms with van der Waals surface area (Å²) in [5.74, 6) is 0.384. The summed E-state index contributed by atoms with van der Waals surface area (Å²) in [5.41, 5.74) is 1.99. The van der Waals surface area contributed by atoms with Crippen LogP contribution in [0.25, 0.3) is 0 Å². The van der Waals surface area contributed by atoms with Gasteiger partial charge in [0.25, 0.3) is 15.9 Å². The second kappa shape index (κ2) is 8.04. The molecule has 1 aliphatic rings. The van der Waals surface area contributed by atoms with Gasteiger partial charge in [-0.25, -0.2) is 8.42 Å². The number of amides is 1. The molecule has 1 aromatic heterocycles. The molecule has 0 aliphatic carbocycles. The standard InChI is InChI=1S/C20H21N5O3S2/c1-24-18(22-23-20(24)29)9-11-21-19(26)15-6-4-7-16(13-15)30(27,28)25-12-10-14-5-2-3-8-17(14)25/h2-8,13H,9-12H2,1H3,(H,21,26)(H,23,29). The molecule has 0 fully saturated rings. The second-order valence-corrected chi connectivity index (χ2v) is 9.24. The number of fused-ring (bicyclic) bond motifs is 1. The van der Waals surface area contributed by atoms with Gasteiger partial charge >= 0.3 is 0 Å². The van der Waals surface area contributed by atoms with E-state index in [9.17, 15) is 13.2 Å². The Kier molecular flexibility index (Phi) is 5.44. The van der Waals surface area contributed by atoms with Crippen molar-refractivity contribution < 1.29 is 13.2 Å². The molecule has 2 N–H and O–H groups in total. The van der Waals surface area contributed by atoms with Crippen molar-refractivity contribution in [3.63, 3.8) is 0 Å². The minimum Gasteiger partial charge on any atom is -0.352 e. The zero-order valence-corrected chi connectivity index (χ0v) is 18.0. The Morgan fingerprint density at radius 2 is 2.03 bits per heavy atom. The van der Waals surface area contributed by atoms with Crippen LogP contribution in [0.15, 0.2) is 53.4 Å². The first-order valence-corrected chi connectivity index (χ1v) is 11.3. The lowest BCUT2D eigenvalue weighted by Gasteiger charge is -2.20. The fourth-order valence-corrected chi connectivity index (χ4v) is 5.18. The van der Waals surface area contributed by atoms with E-state index in [4.69, 9.17) is 12.2 Å². The van der Waals surface area contributed by atoms with E-state index in [0.717, 1.165) is 11.4 Å². The van der Waals surface area contributed by atoms with Gasteiger partial charge in [0.05, 0.1) is 10.6 Å². The Bertz CT molecular complexity index is 1260. The van der Waals surface area contributed by atoms with Gasteiger partial charge in [0.1, 0.15) is 5.82 Å². The van der Waals surface area contributed by atoms with E-state index in [0.29, 0.717) is 42.0 Å². The lowest BCUT2D eigenvalue weighted by Crippen LogP contribution is -2.30. The molecule has 0 atom stereocenters. The fourth-order valence-electron chi connectivity index (χ4n) is 3.48. The molecule has 0 saturated heterocycles. The van der Waals surface area contributed by atoms with Crippen molar-refractivity contribution in [2.45, 2.75) is 17.7 Å². The molecule has 0 saturated carbocycles. The minimum atomic E-state index is -3.75. The number of carbonyl (C=O) groups excluding carboxylic acids is 1. The number of aromatic nitrogens is 3. The number of aromatic amines is 1. The number of para-hydroxylation sites is 1. The molecule has 0 bridgehead atoms. The van der Waals surface area contributed by atoms with E-state index in [1.807, 2.05) is 18.2 Å². The number of nitrogens with zero attached hydrogens (tertiary/aromatic N) is 3.